The smallest absolute Gasteiger partial charge is 0.266 e. The van der Waals surface area contributed by atoms with Crippen molar-refractivity contribution < 1.29 is 13.6 Å². The normalized spacial score (nSPS) is 35.3. The number of hydrogen-bond acceptors (Lipinski definition) is 3. The fourth-order valence-electron chi connectivity index (χ4n) is 4.94. The SMILES string of the molecule is C[C@@H]1C[C@@H](c2c[nH]cc(C#N)c2=O)N(C(=O)C23CCCC2C3(F)F)C1. The Hall–Kier alpha value is -2.23. The summed E-state index contributed by atoms with van der Waals surface area (Å²) in [5.74, 6) is -4.19. The molecule has 4 rings (SSSR count). The van der Waals surface area contributed by atoms with Crippen molar-refractivity contribution in [3.05, 3.63) is 33.7 Å². The Balaban J connectivity index is 1.72. The molecule has 1 amide bonds. The van der Waals surface area contributed by atoms with Crippen LogP contribution in [-0.2, 0) is 4.79 Å². The third kappa shape index (κ3) is 1.97. The molecule has 5 nitrogen and oxygen atoms in total. The second-order valence-corrected chi connectivity index (χ2v) is 7.62. The number of aromatic nitrogens is 1. The van der Waals surface area contributed by atoms with E-state index in [1.165, 1.54) is 17.3 Å². The number of fused-ring (bicyclic) bond motifs is 1. The van der Waals surface area contributed by atoms with Gasteiger partial charge in [0.25, 0.3) is 5.92 Å². The Kier molecular flexibility index (Phi) is 3.34. The van der Waals surface area contributed by atoms with Gasteiger partial charge in [-0.15, -0.1) is 0 Å². The van der Waals surface area contributed by atoms with E-state index >= 15 is 0 Å². The molecule has 1 aliphatic heterocycles. The predicted molar refractivity (Wildman–Crippen MR) is 84.7 cm³/mol. The Morgan fingerprint density at radius 1 is 1.44 bits per heavy atom. The van der Waals surface area contributed by atoms with Crippen molar-refractivity contribution in [3.63, 3.8) is 0 Å². The molecule has 2 saturated carbocycles. The van der Waals surface area contributed by atoms with E-state index in [1.807, 2.05) is 13.0 Å². The molecule has 7 heteroatoms. The number of nitrogens with one attached hydrogen (secondary N) is 1. The molecule has 2 unspecified atom stereocenters. The largest absolute Gasteiger partial charge is 0.366 e. The molecule has 132 valence electrons. The highest BCUT2D eigenvalue weighted by Crippen LogP contribution is 2.75. The molecule has 0 bridgehead atoms. The van der Waals surface area contributed by atoms with Gasteiger partial charge in [0.05, 0.1) is 6.04 Å². The van der Waals surface area contributed by atoms with Crippen LogP contribution < -0.4 is 5.43 Å². The van der Waals surface area contributed by atoms with Crippen molar-refractivity contribution in [2.24, 2.45) is 17.3 Å². The summed E-state index contributed by atoms with van der Waals surface area (Å²) in [6, 6.07) is 1.28. The molecule has 4 atom stereocenters. The molecule has 0 spiro atoms. The monoisotopic (exact) mass is 347 g/mol. The molecule has 2 heterocycles. The zero-order valence-electron chi connectivity index (χ0n) is 13.9. The van der Waals surface area contributed by atoms with Gasteiger partial charge in [0.15, 0.2) is 0 Å². The van der Waals surface area contributed by atoms with Crippen molar-refractivity contribution in [1.82, 2.24) is 9.88 Å². The van der Waals surface area contributed by atoms with E-state index in [0.29, 0.717) is 31.4 Å². The van der Waals surface area contributed by atoms with Crippen LogP contribution in [0.4, 0.5) is 8.78 Å². The number of halogens is 2. The minimum Gasteiger partial charge on any atom is -0.366 e. The van der Waals surface area contributed by atoms with Gasteiger partial charge < -0.3 is 9.88 Å². The molecule has 1 aromatic heterocycles. The van der Waals surface area contributed by atoms with E-state index in [4.69, 9.17) is 5.26 Å². The standard InChI is InChI=1S/C18H19F2N3O2/c1-10-5-13(12-8-22-7-11(6-21)15(12)24)23(9-10)16(25)17-4-2-3-14(17)18(17,19)20/h7-8,10,13-14H,2-5,9H2,1H3,(H,22,24)/t10-,13+,14?,17?/m1/s1. The van der Waals surface area contributed by atoms with Crippen molar-refractivity contribution in [3.8, 4) is 6.07 Å². The number of likely N-dealkylation sites (tertiary alicyclic amines) is 1. The van der Waals surface area contributed by atoms with E-state index in [1.54, 1.807) is 0 Å². The van der Waals surface area contributed by atoms with Gasteiger partial charge in [-0.2, -0.15) is 5.26 Å². The van der Waals surface area contributed by atoms with E-state index in [9.17, 15) is 18.4 Å². The first kappa shape index (κ1) is 16.2. The average Bonchev–Trinajstić information content (AvgIpc) is 3.01. The molecular weight excluding hydrogens is 328 g/mol. The fraction of sp³-hybridized carbons (Fsp3) is 0.611. The lowest BCUT2D eigenvalue weighted by atomic mass is 9.97. The lowest BCUT2D eigenvalue weighted by Crippen LogP contribution is -2.40. The van der Waals surface area contributed by atoms with Gasteiger partial charge in [-0.3, -0.25) is 9.59 Å². The van der Waals surface area contributed by atoms with Crippen LogP contribution in [0.25, 0.3) is 0 Å². The molecule has 3 aliphatic rings. The number of carbonyl (C=O) groups excluding carboxylic acids is 1. The minimum atomic E-state index is -2.93. The number of carbonyl (C=O) groups is 1. The summed E-state index contributed by atoms with van der Waals surface area (Å²) >= 11 is 0. The van der Waals surface area contributed by atoms with Gasteiger partial charge in [0, 0.05) is 30.4 Å². The number of H-pyrrole nitrogens is 1. The second kappa shape index (κ2) is 5.13. The average molecular weight is 347 g/mol. The fourth-order valence-corrected chi connectivity index (χ4v) is 4.94. The molecule has 0 radical (unpaired) electrons. The molecule has 1 N–H and O–H groups in total. The Labute approximate surface area is 143 Å². The summed E-state index contributed by atoms with van der Waals surface area (Å²) in [6.45, 7) is 2.31. The number of nitriles is 1. The number of amides is 1. The lowest BCUT2D eigenvalue weighted by Gasteiger charge is -2.28. The summed E-state index contributed by atoms with van der Waals surface area (Å²) in [6.07, 6.45) is 4.59. The topological polar surface area (TPSA) is 77.0 Å². The number of alkyl halides is 2. The number of aromatic amines is 1. The predicted octanol–water partition coefficient (Wildman–Crippen LogP) is 2.59. The maximum absolute atomic E-state index is 14.3. The Bertz CT molecular complexity index is 843. The lowest BCUT2D eigenvalue weighted by molar-refractivity contribution is -0.142. The molecule has 1 saturated heterocycles. The summed E-state index contributed by atoms with van der Waals surface area (Å²) in [5, 5.41) is 9.05. The zero-order chi connectivity index (χ0) is 18.0. The number of rotatable bonds is 2. The van der Waals surface area contributed by atoms with Gasteiger partial charge in [-0.25, -0.2) is 8.78 Å². The highest BCUT2D eigenvalue weighted by atomic mass is 19.3. The summed E-state index contributed by atoms with van der Waals surface area (Å²) < 4.78 is 28.5. The number of pyridine rings is 1. The van der Waals surface area contributed by atoms with Crippen LogP contribution in [0.2, 0.25) is 0 Å². The quantitative estimate of drug-likeness (QED) is 0.893. The van der Waals surface area contributed by atoms with Crippen LogP contribution in [0.5, 0.6) is 0 Å². The molecule has 3 fully saturated rings. The van der Waals surface area contributed by atoms with E-state index in [0.717, 1.165) is 0 Å². The third-order valence-corrected chi connectivity index (χ3v) is 6.21. The molecule has 25 heavy (non-hydrogen) atoms. The first-order valence-electron chi connectivity index (χ1n) is 8.64. The van der Waals surface area contributed by atoms with E-state index in [-0.39, 0.29) is 17.9 Å². The number of nitrogens with zero attached hydrogens (tertiary/aromatic N) is 2. The Morgan fingerprint density at radius 3 is 2.84 bits per heavy atom. The molecule has 1 aromatic rings. The van der Waals surface area contributed by atoms with Crippen molar-refractivity contribution >= 4 is 5.91 Å². The van der Waals surface area contributed by atoms with Crippen LogP contribution in [-0.4, -0.2) is 28.3 Å². The van der Waals surface area contributed by atoms with Crippen molar-refractivity contribution in [2.75, 3.05) is 6.54 Å². The Morgan fingerprint density at radius 2 is 2.20 bits per heavy atom. The second-order valence-electron chi connectivity index (χ2n) is 7.62. The van der Waals surface area contributed by atoms with Gasteiger partial charge >= 0.3 is 0 Å². The van der Waals surface area contributed by atoms with Gasteiger partial charge in [-0.05, 0) is 25.2 Å². The minimum absolute atomic E-state index is 0.0295. The molecule has 2 aliphatic carbocycles. The highest BCUT2D eigenvalue weighted by Gasteiger charge is 2.86. The summed E-state index contributed by atoms with van der Waals surface area (Å²) in [4.78, 5) is 29.8. The maximum Gasteiger partial charge on any atom is 0.266 e. The van der Waals surface area contributed by atoms with Crippen molar-refractivity contribution in [2.45, 2.75) is 44.6 Å². The summed E-state index contributed by atoms with van der Waals surface area (Å²) in [7, 11) is 0. The van der Waals surface area contributed by atoms with Crippen LogP contribution in [0.3, 0.4) is 0 Å². The van der Waals surface area contributed by atoms with Crippen molar-refractivity contribution in [1.29, 1.82) is 5.26 Å². The number of hydrogen-bond donors (Lipinski definition) is 1. The zero-order valence-corrected chi connectivity index (χ0v) is 13.9. The van der Waals surface area contributed by atoms with Crippen LogP contribution >= 0.6 is 0 Å². The van der Waals surface area contributed by atoms with Crippen LogP contribution in [0.15, 0.2) is 17.2 Å². The van der Waals surface area contributed by atoms with E-state index in [2.05, 4.69) is 4.98 Å². The first-order chi connectivity index (χ1) is 11.8. The molecule has 0 aromatic carbocycles. The first-order valence-corrected chi connectivity index (χ1v) is 8.64. The third-order valence-electron chi connectivity index (χ3n) is 6.21. The highest BCUT2D eigenvalue weighted by molar-refractivity contribution is 5.89. The van der Waals surface area contributed by atoms with Gasteiger partial charge in [-0.1, -0.05) is 13.3 Å². The van der Waals surface area contributed by atoms with E-state index < -0.39 is 34.6 Å². The summed E-state index contributed by atoms with van der Waals surface area (Å²) in [5.41, 5.74) is -1.71. The van der Waals surface area contributed by atoms with Crippen LogP contribution in [0, 0.1) is 28.6 Å². The van der Waals surface area contributed by atoms with Gasteiger partial charge in [0.1, 0.15) is 17.0 Å². The molecular formula is C18H19F2N3O2. The van der Waals surface area contributed by atoms with Gasteiger partial charge in [0.2, 0.25) is 11.3 Å². The van der Waals surface area contributed by atoms with Crippen LogP contribution in [0.1, 0.15) is 49.8 Å². The maximum atomic E-state index is 14.3.